The lowest BCUT2D eigenvalue weighted by Crippen LogP contribution is -2.09. The van der Waals surface area contributed by atoms with Gasteiger partial charge >= 0.3 is 5.97 Å². The summed E-state index contributed by atoms with van der Waals surface area (Å²) in [5, 5.41) is 6.55. The van der Waals surface area contributed by atoms with Crippen molar-refractivity contribution in [1.82, 2.24) is 10.1 Å². The van der Waals surface area contributed by atoms with Crippen molar-refractivity contribution in [2.24, 2.45) is 0 Å². The van der Waals surface area contributed by atoms with Crippen LogP contribution in [0.2, 0.25) is 0 Å². The van der Waals surface area contributed by atoms with Crippen molar-refractivity contribution < 1.29 is 18.8 Å². The summed E-state index contributed by atoms with van der Waals surface area (Å²) in [6, 6.07) is 14.4. The van der Waals surface area contributed by atoms with Crippen LogP contribution in [-0.2, 0) is 16.1 Å². The summed E-state index contributed by atoms with van der Waals surface area (Å²) >= 11 is 0. The van der Waals surface area contributed by atoms with Gasteiger partial charge in [0, 0.05) is 18.2 Å². The van der Waals surface area contributed by atoms with Crippen molar-refractivity contribution in [1.29, 1.82) is 0 Å². The Morgan fingerprint density at radius 2 is 1.89 bits per heavy atom. The van der Waals surface area contributed by atoms with Gasteiger partial charge in [-0.15, -0.1) is 0 Å². The molecule has 28 heavy (non-hydrogen) atoms. The molecule has 7 heteroatoms. The Balaban J connectivity index is 1.62. The Labute approximate surface area is 162 Å². The van der Waals surface area contributed by atoms with Crippen LogP contribution in [-0.4, -0.2) is 22.0 Å². The number of nitrogens with zero attached hydrogens (tertiary/aromatic N) is 2. The number of aromatic nitrogens is 2. The summed E-state index contributed by atoms with van der Waals surface area (Å²) < 4.78 is 10.4. The molecule has 0 unspecified atom stereocenters. The van der Waals surface area contributed by atoms with Gasteiger partial charge in [-0.2, -0.15) is 4.98 Å². The fraction of sp³-hybridized carbons (Fsp3) is 0.238. The summed E-state index contributed by atoms with van der Waals surface area (Å²) in [4.78, 5) is 27.6. The number of rotatable bonds is 6. The second-order valence-corrected chi connectivity index (χ2v) is 6.63. The van der Waals surface area contributed by atoms with E-state index in [0.717, 1.165) is 5.56 Å². The molecule has 0 aliphatic carbocycles. The predicted octanol–water partition coefficient (Wildman–Crippen LogP) is 4.18. The smallest absolute Gasteiger partial charge is 0.338 e. The topological polar surface area (TPSA) is 94.3 Å². The van der Waals surface area contributed by atoms with Crippen LogP contribution in [0.25, 0.3) is 11.4 Å². The lowest BCUT2D eigenvalue weighted by atomic mass is 10.0. The van der Waals surface area contributed by atoms with E-state index in [4.69, 9.17) is 9.26 Å². The predicted molar refractivity (Wildman–Crippen MR) is 104 cm³/mol. The maximum atomic E-state index is 12.2. The molecule has 2 aromatic carbocycles. The molecular formula is C21H21N3O4. The van der Waals surface area contributed by atoms with Crippen LogP contribution in [0.4, 0.5) is 5.69 Å². The van der Waals surface area contributed by atoms with Gasteiger partial charge in [-0.3, -0.25) is 4.79 Å². The lowest BCUT2D eigenvalue weighted by Gasteiger charge is -2.05. The van der Waals surface area contributed by atoms with E-state index in [9.17, 15) is 9.59 Å². The molecule has 1 aromatic heterocycles. The summed E-state index contributed by atoms with van der Waals surface area (Å²) in [6.07, 6.45) is 0. The first-order valence-corrected chi connectivity index (χ1v) is 8.90. The maximum Gasteiger partial charge on any atom is 0.338 e. The van der Waals surface area contributed by atoms with Crippen LogP contribution in [0.15, 0.2) is 53.1 Å². The van der Waals surface area contributed by atoms with E-state index < -0.39 is 5.97 Å². The number of anilines is 1. The van der Waals surface area contributed by atoms with Gasteiger partial charge in [-0.05, 0) is 29.7 Å². The standard InChI is InChI=1S/C21H21N3O4/c1-13(2)15-7-9-16(10-8-15)20-23-19(28-24-20)12-27-21(26)17-5-4-6-18(11-17)22-14(3)25/h4-11,13H,12H2,1-3H3,(H,22,25). The third kappa shape index (κ3) is 4.82. The molecule has 0 radical (unpaired) electrons. The molecule has 3 rings (SSSR count). The van der Waals surface area contributed by atoms with Crippen molar-refractivity contribution in [3.05, 3.63) is 65.5 Å². The van der Waals surface area contributed by atoms with Crippen LogP contribution in [0.5, 0.6) is 0 Å². The highest BCUT2D eigenvalue weighted by Gasteiger charge is 2.13. The number of nitrogens with one attached hydrogen (secondary N) is 1. The molecule has 0 bridgehead atoms. The third-order valence-electron chi connectivity index (χ3n) is 4.05. The molecule has 1 amide bonds. The minimum atomic E-state index is -0.548. The van der Waals surface area contributed by atoms with E-state index in [-0.39, 0.29) is 18.4 Å². The van der Waals surface area contributed by atoms with Crippen molar-refractivity contribution in [2.45, 2.75) is 33.3 Å². The molecule has 7 nitrogen and oxygen atoms in total. The number of amides is 1. The highest BCUT2D eigenvalue weighted by Crippen LogP contribution is 2.21. The number of hydrogen-bond donors (Lipinski definition) is 1. The molecule has 0 atom stereocenters. The van der Waals surface area contributed by atoms with Gasteiger partial charge < -0.3 is 14.6 Å². The number of carbonyl (C=O) groups excluding carboxylic acids is 2. The summed E-state index contributed by atoms with van der Waals surface area (Å²) in [6.45, 7) is 5.51. The van der Waals surface area contributed by atoms with E-state index in [0.29, 0.717) is 23.0 Å². The van der Waals surface area contributed by atoms with Gasteiger partial charge in [-0.25, -0.2) is 4.79 Å². The molecule has 0 aliphatic heterocycles. The van der Waals surface area contributed by atoms with Crippen molar-refractivity contribution in [2.75, 3.05) is 5.32 Å². The fourth-order valence-electron chi connectivity index (χ4n) is 2.59. The molecule has 0 saturated carbocycles. The van der Waals surface area contributed by atoms with E-state index in [2.05, 4.69) is 29.3 Å². The average Bonchev–Trinajstić information content (AvgIpc) is 3.15. The Hall–Kier alpha value is -3.48. The van der Waals surface area contributed by atoms with Crippen molar-refractivity contribution in [3.63, 3.8) is 0 Å². The van der Waals surface area contributed by atoms with E-state index in [1.54, 1.807) is 24.3 Å². The monoisotopic (exact) mass is 379 g/mol. The first kappa shape index (κ1) is 19.3. The summed E-state index contributed by atoms with van der Waals surface area (Å²) in [5.41, 5.74) is 2.89. The van der Waals surface area contributed by atoms with Crippen LogP contribution >= 0.6 is 0 Å². The van der Waals surface area contributed by atoms with Crippen LogP contribution in [0, 0.1) is 0 Å². The van der Waals surface area contributed by atoms with Crippen molar-refractivity contribution in [3.8, 4) is 11.4 Å². The van der Waals surface area contributed by atoms with E-state index in [1.165, 1.54) is 12.5 Å². The van der Waals surface area contributed by atoms with Gasteiger partial charge in [0.15, 0.2) is 6.61 Å². The fourth-order valence-corrected chi connectivity index (χ4v) is 2.59. The zero-order valence-electron chi connectivity index (χ0n) is 15.9. The molecule has 3 aromatic rings. The minimum Gasteiger partial charge on any atom is -0.452 e. The molecule has 0 fully saturated rings. The van der Waals surface area contributed by atoms with E-state index >= 15 is 0 Å². The molecular weight excluding hydrogens is 358 g/mol. The van der Waals surface area contributed by atoms with Gasteiger partial charge in [0.1, 0.15) is 0 Å². The van der Waals surface area contributed by atoms with Gasteiger partial charge in [0.2, 0.25) is 11.7 Å². The number of esters is 1. The zero-order chi connectivity index (χ0) is 20.1. The summed E-state index contributed by atoms with van der Waals surface area (Å²) in [5.74, 6) is 0.320. The normalized spacial score (nSPS) is 10.7. The largest absolute Gasteiger partial charge is 0.452 e. The Morgan fingerprint density at radius 3 is 2.57 bits per heavy atom. The number of carbonyl (C=O) groups is 2. The van der Waals surface area contributed by atoms with Crippen LogP contribution in [0.3, 0.4) is 0 Å². The molecule has 0 saturated heterocycles. The number of hydrogen-bond acceptors (Lipinski definition) is 6. The van der Waals surface area contributed by atoms with Crippen LogP contribution < -0.4 is 5.32 Å². The second-order valence-electron chi connectivity index (χ2n) is 6.63. The number of benzene rings is 2. The highest BCUT2D eigenvalue weighted by atomic mass is 16.6. The first-order valence-electron chi connectivity index (χ1n) is 8.90. The first-order chi connectivity index (χ1) is 13.4. The molecule has 1 N–H and O–H groups in total. The average molecular weight is 379 g/mol. The third-order valence-corrected chi connectivity index (χ3v) is 4.05. The highest BCUT2D eigenvalue weighted by molar-refractivity contribution is 5.93. The molecule has 144 valence electrons. The zero-order valence-corrected chi connectivity index (χ0v) is 15.9. The van der Waals surface area contributed by atoms with Crippen LogP contribution in [0.1, 0.15) is 48.5 Å². The van der Waals surface area contributed by atoms with Gasteiger partial charge in [0.25, 0.3) is 5.89 Å². The Morgan fingerprint density at radius 1 is 1.14 bits per heavy atom. The summed E-state index contributed by atoms with van der Waals surface area (Å²) in [7, 11) is 0. The quantitative estimate of drug-likeness (QED) is 0.646. The van der Waals surface area contributed by atoms with Gasteiger partial charge in [-0.1, -0.05) is 49.3 Å². The van der Waals surface area contributed by atoms with Gasteiger partial charge in [0.05, 0.1) is 5.56 Å². The van der Waals surface area contributed by atoms with E-state index in [1.807, 2.05) is 24.3 Å². The molecule has 0 aliphatic rings. The SMILES string of the molecule is CC(=O)Nc1cccc(C(=O)OCc2nc(-c3ccc(C(C)C)cc3)no2)c1. The number of ether oxygens (including phenoxy) is 1. The maximum absolute atomic E-state index is 12.2. The molecule has 1 heterocycles. The Bertz CT molecular complexity index is 977. The lowest BCUT2D eigenvalue weighted by molar-refractivity contribution is -0.114. The minimum absolute atomic E-state index is 0.139. The molecule has 0 spiro atoms. The second kappa shape index (κ2) is 8.47. The van der Waals surface area contributed by atoms with Crippen molar-refractivity contribution >= 4 is 17.6 Å². The Kier molecular flexibility index (Phi) is 5.84.